The quantitative estimate of drug-likeness (QED) is 0.365. The normalized spacial score (nSPS) is 11.9. The molecule has 0 radical (unpaired) electrons. The third-order valence-electron chi connectivity index (χ3n) is 4.47. The first-order chi connectivity index (χ1) is 13.7. The number of rotatable bonds is 8. The smallest absolute Gasteiger partial charge is 0.261 e. The summed E-state index contributed by atoms with van der Waals surface area (Å²) < 4.78 is 30.5. The number of hydrogen-bond donors (Lipinski definition) is 1. The van der Waals surface area contributed by atoms with E-state index in [9.17, 15) is 13.2 Å². The zero-order valence-electron chi connectivity index (χ0n) is 16.4. The molecule has 0 saturated heterocycles. The van der Waals surface area contributed by atoms with Crippen LogP contribution >= 0.6 is 34.7 Å². The van der Waals surface area contributed by atoms with E-state index in [0.29, 0.717) is 10.7 Å². The fourth-order valence-electron chi connectivity index (χ4n) is 2.80. The SMILES string of the molecule is CCCCCSc1sc(C)c(C)n2c(=O)nc(NS(=O)(=O)c3ccc(Cl)cc3)c1-2. The molecular weight excluding hydrogens is 450 g/mol. The second-order valence-electron chi connectivity index (χ2n) is 6.57. The van der Waals surface area contributed by atoms with Crippen molar-refractivity contribution in [3.8, 4) is 5.69 Å². The second-order valence-corrected chi connectivity index (χ2v) is 11.3. The van der Waals surface area contributed by atoms with Crippen molar-refractivity contribution in [2.45, 2.75) is 49.1 Å². The number of aromatic nitrogens is 2. The number of unbranched alkanes of at least 4 members (excludes halogenated alkanes) is 2. The van der Waals surface area contributed by atoms with Gasteiger partial charge in [0, 0.05) is 15.6 Å². The number of hydrogen-bond acceptors (Lipinski definition) is 6. The molecule has 3 rings (SSSR count). The highest BCUT2D eigenvalue weighted by molar-refractivity contribution is 8.01. The molecule has 0 unspecified atom stereocenters. The Morgan fingerprint density at radius 1 is 1.21 bits per heavy atom. The molecular formula is C19H22ClN3O3S3. The number of nitrogens with zero attached hydrogens (tertiary/aromatic N) is 2. The van der Waals surface area contributed by atoms with E-state index in [2.05, 4.69) is 16.6 Å². The number of sulfonamides is 1. The molecule has 0 saturated carbocycles. The topological polar surface area (TPSA) is 81.1 Å². The minimum atomic E-state index is -3.91. The van der Waals surface area contributed by atoms with E-state index in [-0.39, 0.29) is 10.7 Å². The van der Waals surface area contributed by atoms with E-state index in [4.69, 9.17) is 11.6 Å². The molecule has 0 atom stereocenters. The predicted molar refractivity (Wildman–Crippen MR) is 121 cm³/mol. The largest absolute Gasteiger partial charge is 0.354 e. The Hall–Kier alpha value is -1.55. The van der Waals surface area contributed by atoms with Gasteiger partial charge in [0.05, 0.1) is 9.10 Å². The minimum Gasteiger partial charge on any atom is -0.261 e. The fourth-order valence-corrected chi connectivity index (χ4v) is 6.46. The van der Waals surface area contributed by atoms with Crippen LogP contribution in [-0.2, 0) is 10.0 Å². The Morgan fingerprint density at radius 2 is 1.90 bits per heavy atom. The highest BCUT2D eigenvalue weighted by Gasteiger charge is 2.26. The van der Waals surface area contributed by atoms with Gasteiger partial charge in [-0.1, -0.05) is 31.4 Å². The summed E-state index contributed by atoms with van der Waals surface area (Å²) in [7, 11) is -3.91. The van der Waals surface area contributed by atoms with Crippen LogP contribution in [0.5, 0.6) is 0 Å². The molecule has 0 spiro atoms. The van der Waals surface area contributed by atoms with E-state index in [1.54, 1.807) is 23.1 Å². The third-order valence-corrected chi connectivity index (χ3v) is 8.61. The van der Waals surface area contributed by atoms with E-state index in [1.165, 1.54) is 28.8 Å². The van der Waals surface area contributed by atoms with Gasteiger partial charge in [-0.05, 0) is 50.3 Å². The molecule has 0 bridgehead atoms. The first-order valence-electron chi connectivity index (χ1n) is 9.18. The van der Waals surface area contributed by atoms with Gasteiger partial charge < -0.3 is 0 Å². The maximum absolute atomic E-state index is 12.8. The second kappa shape index (κ2) is 9.07. The Bertz CT molecular complexity index is 1140. The maximum atomic E-state index is 12.8. The van der Waals surface area contributed by atoms with Crippen LogP contribution < -0.4 is 10.4 Å². The van der Waals surface area contributed by atoms with E-state index < -0.39 is 15.7 Å². The van der Waals surface area contributed by atoms with Crippen molar-refractivity contribution in [3.05, 3.63) is 50.3 Å². The van der Waals surface area contributed by atoms with Crippen LogP contribution in [0.2, 0.25) is 5.02 Å². The number of halogens is 1. The number of aryl methyl sites for hydroxylation is 1. The summed E-state index contributed by atoms with van der Waals surface area (Å²) in [5.41, 5.74) is 0.789. The summed E-state index contributed by atoms with van der Waals surface area (Å²) in [6.45, 7) is 5.93. The summed E-state index contributed by atoms with van der Waals surface area (Å²) in [6, 6.07) is 5.84. The predicted octanol–water partition coefficient (Wildman–Crippen LogP) is 5.09. The molecule has 2 aliphatic heterocycles. The zero-order chi connectivity index (χ0) is 21.2. The summed E-state index contributed by atoms with van der Waals surface area (Å²) >= 11 is 9.04. The van der Waals surface area contributed by atoms with Gasteiger partial charge in [-0.25, -0.2) is 13.2 Å². The standard InChI is InChI=1S/C19H22ClN3O3S3/c1-4-5-6-11-27-18-16-17(21-19(24)23(16)12(2)13(3)28-18)22-29(25,26)15-9-7-14(20)8-10-15/h7-10H,4-6,11H2,1-3H3,(H,21,22,24). The maximum Gasteiger partial charge on any atom is 0.354 e. The highest BCUT2D eigenvalue weighted by Crippen LogP contribution is 2.38. The molecule has 156 valence electrons. The average Bonchev–Trinajstić information content (AvgIpc) is 2.98. The van der Waals surface area contributed by atoms with Crippen molar-refractivity contribution in [2.75, 3.05) is 10.5 Å². The van der Waals surface area contributed by atoms with Crippen LogP contribution in [0, 0.1) is 13.8 Å². The number of thioether (sulfide) groups is 1. The van der Waals surface area contributed by atoms with Crippen LogP contribution in [0.3, 0.4) is 0 Å². The van der Waals surface area contributed by atoms with Crippen molar-refractivity contribution < 1.29 is 8.42 Å². The molecule has 0 aromatic heterocycles. The van der Waals surface area contributed by atoms with Crippen molar-refractivity contribution >= 4 is 50.5 Å². The number of nitrogens with one attached hydrogen (secondary N) is 1. The number of fused-ring (bicyclic) bond motifs is 1. The zero-order valence-corrected chi connectivity index (χ0v) is 19.6. The van der Waals surface area contributed by atoms with Crippen molar-refractivity contribution in [3.63, 3.8) is 0 Å². The molecule has 1 aromatic carbocycles. The number of imidazole rings is 1. The van der Waals surface area contributed by atoms with Crippen molar-refractivity contribution in [1.29, 1.82) is 0 Å². The molecule has 29 heavy (non-hydrogen) atoms. The van der Waals surface area contributed by atoms with Crippen LogP contribution in [0.15, 0.2) is 38.2 Å². The van der Waals surface area contributed by atoms with Gasteiger partial charge in [-0.15, -0.1) is 23.1 Å². The van der Waals surface area contributed by atoms with Gasteiger partial charge in [-0.3, -0.25) is 9.29 Å². The van der Waals surface area contributed by atoms with Gasteiger partial charge in [-0.2, -0.15) is 4.98 Å². The molecule has 10 heteroatoms. The van der Waals surface area contributed by atoms with Gasteiger partial charge in [0.25, 0.3) is 10.0 Å². The summed E-state index contributed by atoms with van der Waals surface area (Å²) in [6.07, 6.45) is 3.30. The highest BCUT2D eigenvalue weighted by atomic mass is 35.5. The summed E-state index contributed by atoms with van der Waals surface area (Å²) in [5, 5.41) is 0.442. The Kier molecular flexibility index (Phi) is 6.93. The summed E-state index contributed by atoms with van der Waals surface area (Å²) in [5.74, 6) is 0.952. The molecule has 2 aliphatic rings. The number of benzene rings is 1. The van der Waals surface area contributed by atoms with Crippen molar-refractivity contribution in [1.82, 2.24) is 9.55 Å². The lowest BCUT2D eigenvalue weighted by atomic mass is 10.3. The van der Waals surface area contributed by atoms with Crippen molar-refractivity contribution in [2.24, 2.45) is 0 Å². The van der Waals surface area contributed by atoms with E-state index >= 15 is 0 Å². The molecule has 0 aliphatic carbocycles. The molecule has 0 amide bonds. The number of anilines is 1. The van der Waals surface area contributed by atoms with Gasteiger partial charge >= 0.3 is 5.69 Å². The lowest BCUT2D eigenvalue weighted by molar-refractivity contribution is 0.601. The van der Waals surface area contributed by atoms with Crippen LogP contribution in [-0.4, -0.2) is 23.7 Å². The third kappa shape index (κ3) is 4.79. The first-order valence-corrected chi connectivity index (χ1v) is 12.8. The molecule has 1 N–H and O–H groups in total. The lowest BCUT2D eigenvalue weighted by Crippen LogP contribution is -2.17. The van der Waals surface area contributed by atoms with Gasteiger partial charge in [0.15, 0.2) is 5.82 Å². The van der Waals surface area contributed by atoms with Crippen LogP contribution in [0.1, 0.15) is 36.8 Å². The summed E-state index contributed by atoms with van der Waals surface area (Å²) in [4.78, 5) is 17.6. The Balaban J connectivity index is 2.04. The first kappa shape index (κ1) is 22.1. The van der Waals surface area contributed by atoms with Gasteiger partial charge in [0.1, 0.15) is 5.69 Å². The Morgan fingerprint density at radius 3 is 2.55 bits per heavy atom. The van der Waals surface area contributed by atoms with E-state index in [0.717, 1.165) is 39.8 Å². The molecule has 6 nitrogen and oxygen atoms in total. The molecule has 1 aromatic rings. The van der Waals surface area contributed by atoms with Crippen LogP contribution in [0.25, 0.3) is 5.69 Å². The van der Waals surface area contributed by atoms with Gasteiger partial charge in [0.2, 0.25) is 0 Å². The monoisotopic (exact) mass is 471 g/mol. The fraction of sp³-hybridized carbons (Fsp3) is 0.368. The average molecular weight is 472 g/mol. The lowest BCUT2D eigenvalue weighted by Gasteiger charge is -2.16. The van der Waals surface area contributed by atoms with E-state index in [1.807, 2.05) is 13.8 Å². The minimum absolute atomic E-state index is 0.0557. The van der Waals surface area contributed by atoms with Crippen LogP contribution in [0.4, 0.5) is 5.82 Å². The Labute approximate surface area is 183 Å². The molecule has 2 heterocycles. The molecule has 0 fully saturated rings.